The van der Waals surface area contributed by atoms with Crippen molar-refractivity contribution in [2.24, 2.45) is 5.92 Å². The molecule has 0 aliphatic carbocycles. The van der Waals surface area contributed by atoms with Gasteiger partial charge in [-0.2, -0.15) is 13.2 Å². The van der Waals surface area contributed by atoms with Gasteiger partial charge in [-0.1, -0.05) is 24.8 Å². The molecule has 2 atom stereocenters. The van der Waals surface area contributed by atoms with E-state index in [1.807, 2.05) is 0 Å². The Morgan fingerprint density at radius 2 is 1.96 bits per heavy atom. The molecule has 0 aromatic heterocycles. The summed E-state index contributed by atoms with van der Waals surface area (Å²) in [5.74, 6) is -3.23. The molecule has 6 nitrogen and oxygen atoms in total. The summed E-state index contributed by atoms with van der Waals surface area (Å²) in [5, 5.41) is 2.25. The number of alkyl carbamates (subject to hydrolysis) is 1. The SMILES string of the molecule is C=CCOC(=O)N[C@H](c1cccc(C(F)(F)F)c1)C(C(C)=O)C(=O)OC. The van der Waals surface area contributed by atoms with Gasteiger partial charge < -0.3 is 14.8 Å². The molecule has 1 rings (SSSR count). The minimum Gasteiger partial charge on any atom is -0.468 e. The third-order valence-electron chi connectivity index (χ3n) is 3.41. The molecule has 0 spiro atoms. The van der Waals surface area contributed by atoms with Crippen molar-refractivity contribution in [1.29, 1.82) is 0 Å². The summed E-state index contributed by atoms with van der Waals surface area (Å²) in [6, 6.07) is 2.54. The zero-order valence-electron chi connectivity index (χ0n) is 14.1. The van der Waals surface area contributed by atoms with E-state index < -0.39 is 41.5 Å². The normalized spacial score (nSPS) is 13.3. The summed E-state index contributed by atoms with van der Waals surface area (Å²) >= 11 is 0. The first-order valence-electron chi connectivity index (χ1n) is 7.41. The van der Waals surface area contributed by atoms with E-state index >= 15 is 0 Å². The number of alkyl halides is 3. The number of benzene rings is 1. The Morgan fingerprint density at radius 3 is 2.46 bits per heavy atom. The smallest absolute Gasteiger partial charge is 0.416 e. The van der Waals surface area contributed by atoms with Crippen molar-refractivity contribution in [3.8, 4) is 0 Å². The number of hydrogen-bond acceptors (Lipinski definition) is 5. The Hall–Kier alpha value is -2.84. The topological polar surface area (TPSA) is 81.7 Å². The van der Waals surface area contributed by atoms with Gasteiger partial charge in [0.25, 0.3) is 0 Å². The predicted molar refractivity (Wildman–Crippen MR) is 85.1 cm³/mol. The van der Waals surface area contributed by atoms with Crippen molar-refractivity contribution in [1.82, 2.24) is 5.32 Å². The van der Waals surface area contributed by atoms with Gasteiger partial charge in [-0.05, 0) is 24.6 Å². The number of halogens is 3. The van der Waals surface area contributed by atoms with Gasteiger partial charge in [0.15, 0.2) is 0 Å². The van der Waals surface area contributed by atoms with Gasteiger partial charge in [0.2, 0.25) is 0 Å². The zero-order valence-corrected chi connectivity index (χ0v) is 14.1. The second kappa shape index (κ2) is 9.02. The first kappa shape index (κ1) is 21.2. The predicted octanol–water partition coefficient (Wildman–Crippen LogP) is 3.04. The van der Waals surface area contributed by atoms with Crippen LogP contribution in [0.5, 0.6) is 0 Å². The van der Waals surface area contributed by atoms with Gasteiger partial charge in [-0.25, -0.2) is 4.79 Å². The molecular formula is C17H18F3NO5. The average Bonchev–Trinajstić information content (AvgIpc) is 2.58. The van der Waals surface area contributed by atoms with E-state index in [0.717, 1.165) is 32.2 Å². The maximum atomic E-state index is 13.0. The Balaban J connectivity index is 3.35. The van der Waals surface area contributed by atoms with Crippen LogP contribution in [0.25, 0.3) is 0 Å². The Kier molecular flexibility index (Phi) is 7.36. The van der Waals surface area contributed by atoms with Crippen molar-refractivity contribution in [2.75, 3.05) is 13.7 Å². The molecule has 0 heterocycles. The summed E-state index contributed by atoms with van der Waals surface area (Å²) in [6.07, 6.45) is -4.38. The van der Waals surface area contributed by atoms with Crippen LogP contribution in [-0.2, 0) is 25.2 Å². The van der Waals surface area contributed by atoms with Crippen molar-refractivity contribution in [3.05, 3.63) is 48.0 Å². The molecule has 1 N–H and O–H groups in total. The van der Waals surface area contributed by atoms with Crippen LogP contribution in [0.1, 0.15) is 24.1 Å². The van der Waals surface area contributed by atoms with Crippen LogP contribution >= 0.6 is 0 Å². The van der Waals surface area contributed by atoms with Crippen LogP contribution in [-0.4, -0.2) is 31.6 Å². The number of esters is 1. The summed E-state index contributed by atoms with van der Waals surface area (Å²) in [4.78, 5) is 35.7. The number of Topliss-reactive ketones (excluding diaryl/α,β-unsaturated/α-hetero) is 1. The molecule has 142 valence electrons. The minimum atomic E-state index is -4.64. The molecule has 0 saturated carbocycles. The highest BCUT2D eigenvalue weighted by atomic mass is 19.4. The molecule has 0 aliphatic heterocycles. The highest BCUT2D eigenvalue weighted by molar-refractivity contribution is 5.99. The van der Waals surface area contributed by atoms with Crippen LogP contribution in [0.3, 0.4) is 0 Å². The van der Waals surface area contributed by atoms with Crippen molar-refractivity contribution < 1.29 is 37.0 Å². The molecule has 1 aromatic carbocycles. The zero-order chi connectivity index (χ0) is 19.9. The quantitative estimate of drug-likeness (QED) is 0.451. The van der Waals surface area contributed by atoms with Crippen molar-refractivity contribution in [2.45, 2.75) is 19.1 Å². The summed E-state index contributed by atoms with van der Waals surface area (Å²) < 4.78 is 48.2. The van der Waals surface area contributed by atoms with Gasteiger partial charge in [-0.15, -0.1) is 0 Å². The van der Waals surface area contributed by atoms with E-state index in [9.17, 15) is 27.6 Å². The molecule has 0 aliphatic rings. The van der Waals surface area contributed by atoms with Crippen LogP contribution in [0.2, 0.25) is 0 Å². The molecule has 1 amide bonds. The maximum absolute atomic E-state index is 13.0. The molecule has 0 radical (unpaired) electrons. The maximum Gasteiger partial charge on any atom is 0.416 e. The number of ether oxygens (including phenoxy) is 2. The standard InChI is InChI=1S/C17H18F3NO5/c1-4-8-26-16(24)21-14(13(10(2)22)15(23)25-3)11-6-5-7-12(9-11)17(18,19)20/h4-7,9,13-14H,1,8H2,2-3H3,(H,21,24)/t13?,14-/m1/s1. The second-order valence-corrected chi connectivity index (χ2v) is 5.24. The molecule has 0 fully saturated rings. The van der Waals surface area contributed by atoms with Gasteiger partial charge in [0.1, 0.15) is 18.3 Å². The van der Waals surface area contributed by atoms with Crippen molar-refractivity contribution in [3.63, 3.8) is 0 Å². The lowest BCUT2D eigenvalue weighted by atomic mass is 9.89. The van der Waals surface area contributed by atoms with Crippen LogP contribution in [0.4, 0.5) is 18.0 Å². The van der Waals surface area contributed by atoms with E-state index in [-0.39, 0.29) is 12.2 Å². The Labute approximate surface area is 148 Å². The highest BCUT2D eigenvalue weighted by Crippen LogP contribution is 2.32. The molecule has 9 heteroatoms. The minimum absolute atomic E-state index is 0.0963. The van der Waals surface area contributed by atoms with Crippen LogP contribution < -0.4 is 5.32 Å². The number of carbonyl (C=O) groups excluding carboxylic acids is 3. The largest absolute Gasteiger partial charge is 0.468 e. The number of ketones is 1. The molecule has 0 saturated heterocycles. The lowest BCUT2D eigenvalue weighted by Crippen LogP contribution is -2.40. The molecule has 0 bridgehead atoms. The Bertz CT molecular complexity index is 687. The number of rotatable bonds is 7. The fraction of sp³-hybridized carbons (Fsp3) is 0.353. The van der Waals surface area contributed by atoms with Gasteiger partial charge in [0.05, 0.1) is 18.7 Å². The van der Waals surface area contributed by atoms with Gasteiger partial charge in [-0.3, -0.25) is 9.59 Å². The lowest BCUT2D eigenvalue weighted by Gasteiger charge is -2.25. The third kappa shape index (κ3) is 5.61. The van der Waals surface area contributed by atoms with E-state index in [0.29, 0.717) is 0 Å². The number of carbonyl (C=O) groups is 3. The van der Waals surface area contributed by atoms with Crippen molar-refractivity contribution >= 4 is 17.8 Å². The number of nitrogens with one attached hydrogen (secondary N) is 1. The van der Waals surface area contributed by atoms with Crippen LogP contribution in [0.15, 0.2) is 36.9 Å². The number of hydrogen-bond donors (Lipinski definition) is 1. The molecule has 1 unspecified atom stereocenters. The average molecular weight is 373 g/mol. The van der Waals surface area contributed by atoms with E-state index in [1.165, 1.54) is 12.1 Å². The third-order valence-corrected chi connectivity index (χ3v) is 3.41. The fourth-order valence-electron chi connectivity index (χ4n) is 2.23. The first-order chi connectivity index (χ1) is 12.1. The summed E-state index contributed by atoms with van der Waals surface area (Å²) in [7, 11) is 1.03. The first-order valence-corrected chi connectivity index (χ1v) is 7.41. The lowest BCUT2D eigenvalue weighted by molar-refractivity contribution is -0.150. The Morgan fingerprint density at radius 1 is 1.31 bits per heavy atom. The molecule has 1 aromatic rings. The van der Waals surface area contributed by atoms with E-state index in [2.05, 4.69) is 16.6 Å². The fourth-order valence-corrected chi connectivity index (χ4v) is 2.23. The summed E-state index contributed by atoms with van der Waals surface area (Å²) in [6.45, 7) is 4.26. The van der Waals surface area contributed by atoms with Crippen LogP contribution in [0, 0.1) is 5.92 Å². The summed E-state index contributed by atoms with van der Waals surface area (Å²) in [5.41, 5.74) is -1.09. The highest BCUT2D eigenvalue weighted by Gasteiger charge is 2.37. The number of amides is 1. The number of methoxy groups -OCH3 is 1. The monoisotopic (exact) mass is 373 g/mol. The van der Waals surface area contributed by atoms with E-state index in [1.54, 1.807) is 0 Å². The van der Waals surface area contributed by atoms with E-state index in [4.69, 9.17) is 4.74 Å². The molecular weight excluding hydrogens is 355 g/mol. The second-order valence-electron chi connectivity index (χ2n) is 5.24. The molecule has 26 heavy (non-hydrogen) atoms. The van der Waals surface area contributed by atoms with Gasteiger partial charge in [0, 0.05) is 0 Å². The van der Waals surface area contributed by atoms with Gasteiger partial charge >= 0.3 is 18.2 Å².